The van der Waals surface area contributed by atoms with Gasteiger partial charge >= 0.3 is 5.97 Å². The first-order valence-electron chi connectivity index (χ1n) is 4.28. The number of nitrogens with one attached hydrogen (secondary N) is 3. The Labute approximate surface area is 81.1 Å². The topological polar surface area (TPSA) is 73.4 Å². The number of carboxylic acids is 1. The van der Waals surface area contributed by atoms with E-state index in [2.05, 4.69) is 16.0 Å². The summed E-state index contributed by atoms with van der Waals surface area (Å²) in [7, 11) is 1.81. The summed E-state index contributed by atoms with van der Waals surface area (Å²) in [6, 6.07) is 4.94. The van der Waals surface area contributed by atoms with Gasteiger partial charge < -0.3 is 15.7 Å². The van der Waals surface area contributed by atoms with Crippen LogP contribution in [0.3, 0.4) is 0 Å². The van der Waals surface area contributed by atoms with Crippen molar-refractivity contribution < 1.29 is 9.90 Å². The van der Waals surface area contributed by atoms with Gasteiger partial charge in [0.25, 0.3) is 0 Å². The standard InChI is InChI=1S/C9H11N3O2/c1-10-9-11-6-3-2-5(8(13)14)4-7(6)12-9/h2-4,9-12H,1H3,(H,13,14). The summed E-state index contributed by atoms with van der Waals surface area (Å²) in [6.45, 7) is 0. The zero-order valence-corrected chi connectivity index (χ0v) is 7.66. The van der Waals surface area contributed by atoms with E-state index in [-0.39, 0.29) is 11.9 Å². The van der Waals surface area contributed by atoms with Gasteiger partial charge in [-0.15, -0.1) is 0 Å². The van der Waals surface area contributed by atoms with Crippen LogP contribution in [0.1, 0.15) is 10.4 Å². The number of carbonyl (C=O) groups is 1. The fraction of sp³-hybridized carbons (Fsp3) is 0.222. The Hall–Kier alpha value is -1.75. The van der Waals surface area contributed by atoms with E-state index in [1.54, 1.807) is 18.2 Å². The lowest BCUT2D eigenvalue weighted by atomic mass is 10.2. The maximum absolute atomic E-state index is 10.7. The van der Waals surface area contributed by atoms with E-state index < -0.39 is 5.97 Å². The van der Waals surface area contributed by atoms with Crippen LogP contribution in [0.15, 0.2) is 18.2 Å². The highest BCUT2D eigenvalue weighted by molar-refractivity contribution is 5.91. The van der Waals surface area contributed by atoms with Crippen molar-refractivity contribution in [1.29, 1.82) is 0 Å². The number of aromatic carboxylic acids is 1. The van der Waals surface area contributed by atoms with Crippen LogP contribution in [0.25, 0.3) is 0 Å². The SMILES string of the molecule is CNC1Nc2ccc(C(=O)O)cc2N1. The van der Waals surface area contributed by atoms with Gasteiger partial charge in [0.2, 0.25) is 0 Å². The maximum Gasteiger partial charge on any atom is 0.335 e. The molecule has 0 bridgehead atoms. The number of hydrogen-bond donors (Lipinski definition) is 4. The van der Waals surface area contributed by atoms with E-state index in [1.807, 2.05) is 7.05 Å². The Morgan fingerprint density at radius 1 is 1.43 bits per heavy atom. The first kappa shape index (κ1) is 8.83. The van der Waals surface area contributed by atoms with E-state index in [9.17, 15) is 4.79 Å². The monoisotopic (exact) mass is 193 g/mol. The molecule has 1 heterocycles. The molecule has 0 aromatic heterocycles. The number of fused-ring (bicyclic) bond motifs is 1. The van der Waals surface area contributed by atoms with Crippen molar-refractivity contribution in [2.75, 3.05) is 17.7 Å². The highest BCUT2D eigenvalue weighted by atomic mass is 16.4. The van der Waals surface area contributed by atoms with Crippen molar-refractivity contribution in [3.05, 3.63) is 23.8 Å². The molecule has 4 N–H and O–H groups in total. The Balaban J connectivity index is 2.31. The largest absolute Gasteiger partial charge is 0.478 e. The molecule has 0 spiro atoms. The minimum absolute atomic E-state index is 0.0333. The van der Waals surface area contributed by atoms with Gasteiger partial charge in [-0.1, -0.05) is 0 Å². The van der Waals surface area contributed by atoms with Gasteiger partial charge in [-0.3, -0.25) is 5.32 Å². The van der Waals surface area contributed by atoms with E-state index in [0.717, 1.165) is 11.4 Å². The van der Waals surface area contributed by atoms with Gasteiger partial charge in [0.15, 0.2) is 6.29 Å². The van der Waals surface area contributed by atoms with E-state index in [0.29, 0.717) is 0 Å². The van der Waals surface area contributed by atoms with Gasteiger partial charge in [-0.2, -0.15) is 0 Å². The second kappa shape index (κ2) is 3.19. The molecule has 1 aromatic carbocycles. The number of benzene rings is 1. The molecule has 5 heteroatoms. The Bertz CT molecular complexity index is 378. The first-order chi connectivity index (χ1) is 6.70. The molecule has 0 aliphatic carbocycles. The molecule has 74 valence electrons. The van der Waals surface area contributed by atoms with Crippen LogP contribution in [0.4, 0.5) is 11.4 Å². The molecule has 1 unspecified atom stereocenters. The highest BCUT2D eigenvalue weighted by Crippen LogP contribution is 2.28. The smallest absolute Gasteiger partial charge is 0.335 e. The first-order valence-corrected chi connectivity index (χ1v) is 4.28. The van der Waals surface area contributed by atoms with Gasteiger partial charge in [-0.05, 0) is 25.2 Å². The molecule has 5 nitrogen and oxygen atoms in total. The number of carboxylic acid groups (broad SMARTS) is 1. The average molecular weight is 193 g/mol. The summed E-state index contributed by atoms with van der Waals surface area (Å²) < 4.78 is 0. The molecule has 2 rings (SSSR count). The third-order valence-electron chi connectivity index (χ3n) is 2.15. The van der Waals surface area contributed by atoms with Crippen LogP contribution in [0.5, 0.6) is 0 Å². The fourth-order valence-electron chi connectivity index (χ4n) is 1.41. The summed E-state index contributed by atoms with van der Waals surface area (Å²) in [6.07, 6.45) is -0.0333. The molecule has 1 aromatic rings. The minimum Gasteiger partial charge on any atom is -0.478 e. The molecular weight excluding hydrogens is 182 g/mol. The zero-order valence-electron chi connectivity index (χ0n) is 7.66. The molecule has 0 amide bonds. The minimum atomic E-state index is -0.914. The van der Waals surface area contributed by atoms with Crippen LogP contribution >= 0.6 is 0 Å². The van der Waals surface area contributed by atoms with Crippen LogP contribution in [-0.4, -0.2) is 24.4 Å². The van der Waals surface area contributed by atoms with Crippen molar-refractivity contribution in [1.82, 2.24) is 5.32 Å². The highest BCUT2D eigenvalue weighted by Gasteiger charge is 2.18. The molecule has 0 fully saturated rings. The van der Waals surface area contributed by atoms with E-state index in [1.165, 1.54) is 0 Å². The number of anilines is 2. The third-order valence-corrected chi connectivity index (χ3v) is 2.15. The second-order valence-electron chi connectivity index (χ2n) is 3.08. The predicted molar refractivity (Wildman–Crippen MR) is 53.5 cm³/mol. The fourth-order valence-corrected chi connectivity index (χ4v) is 1.41. The lowest BCUT2D eigenvalue weighted by molar-refractivity contribution is 0.0697. The van der Waals surface area contributed by atoms with Crippen molar-refractivity contribution >= 4 is 17.3 Å². The zero-order chi connectivity index (χ0) is 10.1. The average Bonchev–Trinajstić information content (AvgIpc) is 2.58. The second-order valence-corrected chi connectivity index (χ2v) is 3.08. The van der Waals surface area contributed by atoms with Crippen molar-refractivity contribution in [3.8, 4) is 0 Å². The van der Waals surface area contributed by atoms with Crippen LogP contribution in [0, 0.1) is 0 Å². The van der Waals surface area contributed by atoms with Gasteiger partial charge in [-0.25, -0.2) is 4.79 Å². The molecule has 0 saturated carbocycles. The molecule has 1 aliphatic heterocycles. The quantitative estimate of drug-likeness (QED) is 0.557. The van der Waals surface area contributed by atoms with Crippen molar-refractivity contribution in [3.63, 3.8) is 0 Å². The lowest BCUT2D eigenvalue weighted by Crippen LogP contribution is -2.35. The molecule has 14 heavy (non-hydrogen) atoms. The van der Waals surface area contributed by atoms with E-state index >= 15 is 0 Å². The Kier molecular flexibility index (Phi) is 2.01. The Morgan fingerprint density at radius 3 is 2.79 bits per heavy atom. The normalized spacial score (nSPS) is 18.2. The summed E-state index contributed by atoms with van der Waals surface area (Å²) in [5.74, 6) is -0.914. The molecule has 1 atom stereocenters. The van der Waals surface area contributed by atoms with E-state index in [4.69, 9.17) is 5.11 Å². The summed E-state index contributed by atoms with van der Waals surface area (Å²) in [4.78, 5) is 10.7. The van der Waals surface area contributed by atoms with Crippen molar-refractivity contribution in [2.24, 2.45) is 0 Å². The van der Waals surface area contributed by atoms with Crippen LogP contribution in [0.2, 0.25) is 0 Å². The van der Waals surface area contributed by atoms with Gasteiger partial charge in [0, 0.05) is 0 Å². The van der Waals surface area contributed by atoms with Crippen molar-refractivity contribution in [2.45, 2.75) is 6.29 Å². The molecule has 0 radical (unpaired) electrons. The predicted octanol–water partition coefficient (Wildman–Crippen LogP) is 0.725. The Morgan fingerprint density at radius 2 is 2.14 bits per heavy atom. The summed E-state index contributed by atoms with van der Waals surface area (Å²) in [5.41, 5.74) is 2.01. The third kappa shape index (κ3) is 1.38. The maximum atomic E-state index is 10.7. The number of rotatable bonds is 2. The van der Waals surface area contributed by atoms with Gasteiger partial charge in [0.1, 0.15) is 0 Å². The van der Waals surface area contributed by atoms with Crippen LogP contribution in [-0.2, 0) is 0 Å². The molecule has 0 saturated heterocycles. The molecule has 1 aliphatic rings. The van der Waals surface area contributed by atoms with Crippen LogP contribution < -0.4 is 16.0 Å². The number of hydrogen-bond acceptors (Lipinski definition) is 4. The summed E-state index contributed by atoms with van der Waals surface area (Å²) in [5, 5.41) is 18.0. The van der Waals surface area contributed by atoms with Gasteiger partial charge in [0.05, 0.1) is 16.9 Å². The summed E-state index contributed by atoms with van der Waals surface area (Å²) >= 11 is 0. The molecular formula is C9H11N3O2. The lowest BCUT2D eigenvalue weighted by Gasteiger charge is -2.09.